The van der Waals surface area contributed by atoms with Gasteiger partial charge < -0.3 is 9.64 Å². The summed E-state index contributed by atoms with van der Waals surface area (Å²) >= 11 is 0. The molecule has 0 spiro atoms. The van der Waals surface area contributed by atoms with Gasteiger partial charge in [0.1, 0.15) is 0 Å². The van der Waals surface area contributed by atoms with Gasteiger partial charge in [0, 0.05) is 12.6 Å². The Morgan fingerprint density at radius 3 is 2.64 bits per heavy atom. The van der Waals surface area contributed by atoms with Crippen LogP contribution in [0.25, 0.3) is 0 Å². The molecule has 1 atom stereocenters. The second kappa shape index (κ2) is 8.33. The van der Waals surface area contributed by atoms with Crippen molar-refractivity contribution in [2.24, 2.45) is 0 Å². The molecule has 1 saturated heterocycles. The first-order valence-electron chi connectivity index (χ1n) is 8.59. The van der Waals surface area contributed by atoms with Gasteiger partial charge in [0.15, 0.2) is 0 Å². The maximum Gasteiger partial charge on any atom is 0.338 e. The van der Waals surface area contributed by atoms with Crippen LogP contribution in [0.5, 0.6) is 0 Å². The molecule has 1 fully saturated rings. The minimum Gasteiger partial charge on any atom is -0.462 e. The lowest BCUT2D eigenvalue weighted by molar-refractivity contribution is 0.0475. The molecule has 1 unspecified atom stereocenters. The molecule has 0 radical (unpaired) electrons. The van der Waals surface area contributed by atoms with E-state index >= 15 is 0 Å². The summed E-state index contributed by atoms with van der Waals surface area (Å²) < 4.78 is 5.39. The first-order valence-corrected chi connectivity index (χ1v) is 8.59. The summed E-state index contributed by atoms with van der Waals surface area (Å²) in [6.07, 6.45) is 4.85. The topological polar surface area (TPSA) is 29.5 Å². The Bertz CT molecular complexity index is 467. The number of hydrogen-bond donors (Lipinski definition) is 0. The first kappa shape index (κ1) is 17.0. The van der Waals surface area contributed by atoms with Gasteiger partial charge in [0.05, 0.1) is 12.2 Å². The second-order valence-corrected chi connectivity index (χ2v) is 6.65. The molecule has 1 aliphatic heterocycles. The number of hydrogen-bond acceptors (Lipinski definition) is 3. The average molecular weight is 303 g/mol. The Balaban J connectivity index is 1.71. The summed E-state index contributed by atoms with van der Waals surface area (Å²) in [5, 5.41) is 0. The number of ether oxygens (including phenoxy) is 1. The minimum atomic E-state index is -0.206. The van der Waals surface area contributed by atoms with Crippen LogP contribution in [0.4, 0.5) is 0 Å². The van der Waals surface area contributed by atoms with E-state index in [9.17, 15) is 4.79 Å². The molecule has 1 heterocycles. The van der Waals surface area contributed by atoms with E-state index < -0.39 is 0 Å². The summed E-state index contributed by atoms with van der Waals surface area (Å²) in [6.45, 7) is 9.31. The van der Waals surface area contributed by atoms with Crippen molar-refractivity contribution < 1.29 is 9.53 Å². The van der Waals surface area contributed by atoms with Crippen LogP contribution >= 0.6 is 0 Å². The summed E-state index contributed by atoms with van der Waals surface area (Å²) in [7, 11) is 0. The van der Waals surface area contributed by atoms with Gasteiger partial charge in [-0.15, -0.1) is 0 Å². The second-order valence-electron chi connectivity index (χ2n) is 6.65. The van der Waals surface area contributed by atoms with Gasteiger partial charge >= 0.3 is 5.97 Å². The Hall–Kier alpha value is -1.35. The molecule has 1 aromatic carbocycles. The maximum absolute atomic E-state index is 12.0. The molecule has 0 amide bonds. The highest BCUT2D eigenvalue weighted by Crippen LogP contribution is 2.17. The van der Waals surface area contributed by atoms with Gasteiger partial charge in [-0.25, -0.2) is 4.79 Å². The number of esters is 1. The number of piperidine rings is 1. The summed E-state index contributed by atoms with van der Waals surface area (Å²) in [5.74, 6) is 0.276. The Morgan fingerprint density at radius 2 is 2.00 bits per heavy atom. The lowest BCUT2D eigenvalue weighted by Crippen LogP contribution is -2.38. The van der Waals surface area contributed by atoms with E-state index in [-0.39, 0.29) is 5.97 Å². The third-order valence-electron chi connectivity index (χ3n) is 4.58. The Kier molecular flexibility index (Phi) is 6.44. The number of nitrogens with zero attached hydrogens (tertiary/aromatic N) is 1. The van der Waals surface area contributed by atoms with Gasteiger partial charge in [0.2, 0.25) is 0 Å². The molecule has 3 nitrogen and oxygen atoms in total. The van der Waals surface area contributed by atoms with Gasteiger partial charge in [-0.05, 0) is 56.3 Å². The van der Waals surface area contributed by atoms with Crippen molar-refractivity contribution in [2.75, 3.05) is 19.7 Å². The molecule has 3 heteroatoms. The zero-order chi connectivity index (χ0) is 15.9. The zero-order valence-corrected chi connectivity index (χ0v) is 14.2. The number of likely N-dealkylation sites (tertiary alicyclic amines) is 1. The van der Waals surface area contributed by atoms with Crippen LogP contribution in [0, 0.1) is 0 Å². The van der Waals surface area contributed by atoms with Crippen LogP contribution in [0.2, 0.25) is 0 Å². The highest BCUT2D eigenvalue weighted by atomic mass is 16.5. The van der Waals surface area contributed by atoms with E-state index in [1.165, 1.54) is 31.4 Å². The number of rotatable bonds is 6. The number of benzene rings is 1. The van der Waals surface area contributed by atoms with Crippen molar-refractivity contribution in [1.29, 1.82) is 0 Å². The van der Waals surface area contributed by atoms with E-state index in [2.05, 4.69) is 25.7 Å². The highest BCUT2D eigenvalue weighted by molar-refractivity contribution is 5.89. The maximum atomic E-state index is 12.0. The van der Waals surface area contributed by atoms with Crippen LogP contribution < -0.4 is 0 Å². The molecule has 1 aromatic rings. The van der Waals surface area contributed by atoms with Crippen molar-refractivity contribution >= 4 is 5.97 Å². The van der Waals surface area contributed by atoms with Crippen LogP contribution in [0.1, 0.15) is 68.3 Å². The third kappa shape index (κ3) is 4.84. The summed E-state index contributed by atoms with van der Waals surface area (Å²) in [4.78, 5) is 14.5. The molecule has 1 aliphatic rings. The molecule has 0 saturated carbocycles. The first-order chi connectivity index (χ1) is 10.6. The number of carbonyl (C=O) groups excluding carboxylic acids is 1. The fraction of sp³-hybridized carbons (Fsp3) is 0.632. The van der Waals surface area contributed by atoms with Crippen molar-refractivity contribution in [2.45, 2.75) is 58.4 Å². The lowest BCUT2D eigenvalue weighted by atomic mass is 10.0. The monoisotopic (exact) mass is 303 g/mol. The van der Waals surface area contributed by atoms with Crippen LogP contribution in [0.15, 0.2) is 24.3 Å². The van der Waals surface area contributed by atoms with Gasteiger partial charge in [0.25, 0.3) is 0 Å². The van der Waals surface area contributed by atoms with Crippen LogP contribution in [0.3, 0.4) is 0 Å². The molecule has 0 aliphatic carbocycles. The van der Waals surface area contributed by atoms with E-state index in [0.29, 0.717) is 24.1 Å². The normalized spacial score (nSPS) is 19.4. The van der Waals surface area contributed by atoms with E-state index in [0.717, 1.165) is 13.0 Å². The van der Waals surface area contributed by atoms with Gasteiger partial charge in [-0.3, -0.25) is 0 Å². The minimum absolute atomic E-state index is 0.206. The van der Waals surface area contributed by atoms with Crippen molar-refractivity contribution in [3.8, 4) is 0 Å². The van der Waals surface area contributed by atoms with Gasteiger partial charge in [-0.2, -0.15) is 0 Å². The fourth-order valence-electron chi connectivity index (χ4n) is 3.01. The fourth-order valence-corrected chi connectivity index (χ4v) is 3.01. The van der Waals surface area contributed by atoms with E-state index in [1.807, 2.05) is 24.3 Å². The molecular formula is C19H29NO2. The smallest absolute Gasteiger partial charge is 0.338 e. The van der Waals surface area contributed by atoms with Crippen molar-refractivity contribution in [3.05, 3.63) is 35.4 Å². The van der Waals surface area contributed by atoms with Crippen molar-refractivity contribution in [3.63, 3.8) is 0 Å². The highest BCUT2D eigenvalue weighted by Gasteiger charge is 2.17. The lowest BCUT2D eigenvalue weighted by Gasteiger charge is -2.33. The summed E-state index contributed by atoms with van der Waals surface area (Å²) in [6, 6.07) is 8.43. The quantitative estimate of drug-likeness (QED) is 0.582. The van der Waals surface area contributed by atoms with Gasteiger partial charge in [-0.1, -0.05) is 32.4 Å². The largest absolute Gasteiger partial charge is 0.462 e. The molecule has 0 N–H and O–H groups in total. The average Bonchev–Trinajstić information content (AvgIpc) is 2.53. The Labute approximate surface area is 134 Å². The SMILES string of the molecule is CC(C)c1ccc(C(=O)OCCCN2CCCCC2C)cc1. The predicted molar refractivity (Wildman–Crippen MR) is 90.3 cm³/mol. The van der Waals surface area contributed by atoms with Crippen LogP contribution in [-0.2, 0) is 4.74 Å². The zero-order valence-electron chi connectivity index (χ0n) is 14.2. The molecule has 122 valence electrons. The van der Waals surface area contributed by atoms with Crippen LogP contribution in [-0.4, -0.2) is 36.6 Å². The molecule has 0 aromatic heterocycles. The Morgan fingerprint density at radius 1 is 1.27 bits per heavy atom. The molecular weight excluding hydrogens is 274 g/mol. The summed E-state index contributed by atoms with van der Waals surface area (Å²) in [5.41, 5.74) is 1.89. The molecule has 2 rings (SSSR count). The number of carbonyl (C=O) groups is 1. The van der Waals surface area contributed by atoms with E-state index in [4.69, 9.17) is 4.74 Å². The standard InChI is InChI=1S/C19H29NO2/c1-15(2)17-8-10-18(11-9-17)19(21)22-14-6-13-20-12-5-4-7-16(20)3/h8-11,15-16H,4-7,12-14H2,1-3H3. The third-order valence-corrected chi connectivity index (χ3v) is 4.58. The predicted octanol–water partition coefficient (Wildman–Crippen LogP) is 4.23. The van der Waals surface area contributed by atoms with E-state index in [1.54, 1.807) is 0 Å². The molecule has 0 bridgehead atoms. The van der Waals surface area contributed by atoms with Crippen molar-refractivity contribution in [1.82, 2.24) is 4.90 Å². The molecule has 22 heavy (non-hydrogen) atoms.